The Labute approximate surface area is 119 Å². The van der Waals surface area contributed by atoms with Gasteiger partial charge in [0.25, 0.3) is 0 Å². The minimum Gasteiger partial charge on any atom is -0.497 e. The number of hydrogen-bond donors (Lipinski definition) is 1. The molecule has 0 aromatic heterocycles. The third-order valence-corrected chi connectivity index (χ3v) is 3.84. The van der Waals surface area contributed by atoms with Crippen molar-refractivity contribution >= 4 is 0 Å². The first-order valence-corrected chi connectivity index (χ1v) is 6.92. The van der Waals surface area contributed by atoms with Gasteiger partial charge in [-0.15, -0.1) is 0 Å². The molecule has 0 amide bonds. The van der Waals surface area contributed by atoms with Crippen LogP contribution < -0.4 is 15.2 Å². The highest BCUT2D eigenvalue weighted by Gasteiger charge is 2.28. The molecule has 0 heterocycles. The molecule has 2 aromatic rings. The molecule has 2 aromatic carbocycles. The fraction of sp³-hybridized carbons (Fsp3) is 0.294. The van der Waals surface area contributed by atoms with Crippen LogP contribution in [0.3, 0.4) is 0 Å². The molecule has 2 atom stereocenters. The monoisotopic (exact) mass is 269 g/mol. The average Bonchev–Trinajstić information content (AvgIpc) is 2.51. The molecule has 0 fully saturated rings. The van der Waals surface area contributed by atoms with E-state index in [2.05, 4.69) is 6.07 Å². The summed E-state index contributed by atoms with van der Waals surface area (Å²) < 4.78 is 11.3. The largest absolute Gasteiger partial charge is 0.497 e. The van der Waals surface area contributed by atoms with E-state index in [1.165, 1.54) is 5.56 Å². The Morgan fingerprint density at radius 2 is 1.85 bits per heavy atom. The van der Waals surface area contributed by atoms with Gasteiger partial charge in [-0.25, -0.2) is 0 Å². The molecule has 0 bridgehead atoms. The van der Waals surface area contributed by atoms with Crippen molar-refractivity contribution in [2.75, 3.05) is 7.11 Å². The fourth-order valence-electron chi connectivity index (χ4n) is 2.72. The number of benzene rings is 2. The average molecular weight is 269 g/mol. The second kappa shape index (κ2) is 5.55. The molecule has 3 heteroatoms. The van der Waals surface area contributed by atoms with Crippen LogP contribution in [0.5, 0.6) is 11.5 Å². The van der Waals surface area contributed by atoms with Gasteiger partial charge in [-0.1, -0.05) is 24.3 Å². The number of nitrogens with two attached hydrogens (primary N) is 1. The summed E-state index contributed by atoms with van der Waals surface area (Å²) in [7, 11) is 1.67. The molecule has 2 unspecified atom stereocenters. The van der Waals surface area contributed by atoms with Gasteiger partial charge in [0, 0.05) is 0 Å². The van der Waals surface area contributed by atoms with E-state index in [0.29, 0.717) is 0 Å². The molecule has 1 aliphatic carbocycles. The molecule has 3 nitrogen and oxygen atoms in total. The second-order valence-corrected chi connectivity index (χ2v) is 5.10. The zero-order valence-corrected chi connectivity index (χ0v) is 11.6. The summed E-state index contributed by atoms with van der Waals surface area (Å²) in [5.74, 6) is 1.72. The topological polar surface area (TPSA) is 44.5 Å². The first-order valence-electron chi connectivity index (χ1n) is 6.92. The van der Waals surface area contributed by atoms with Crippen molar-refractivity contribution in [3.05, 3.63) is 59.7 Å². The van der Waals surface area contributed by atoms with E-state index in [1.54, 1.807) is 7.11 Å². The van der Waals surface area contributed by atoms with Crippen LogP contribution in [-0.4, -0.2) is 13.2 Å². The minimum atomic E-state index is -0.117. The Kier molecular flexibility index (Phi) is 3.61. The van der Waals surface area contributed by atoms with Crippen LogP contribution in [0.2, 0.25) is 0 Å². The summed E-state index contributed by atoms with van der Waals surface area (Å²) in [5, 5.41) is 0. The predicted octanol–water partition coefficient (Wildman–Crippen LogP) is 3.09. The molecule has 1 aliphatic rings. The Bertz CT molecular complexity index is 583. The number of para-hydroxylation sites is 1. The molecular formula is C17H19NO2. The van der Waals surface area contributed by atoms with E-state index < -0.39 is 0 Å². The van der Waals surface area contributed by atoms with Gasteiger partial charge in [0.15, 0.2) is 0 Å². The lowest BCUT2D eigenvalue weighted by molar-refractivity contribution is 0.153. The van der Waals surface area contributed by atoms with Crippen molar-refractivity contribution in [2.45, 2.75) is 25.0 Å². The zero-order chi connectivity index (χ0) is 13.9. The van der Waals surface area contributed by atoms with E-state index in [0.717, 1.165) is 29.9 Å². The van der Waals surface area contributed by atoms with Crippen LogP contribution >= 0.6 is 0 Å². The van der Waals surface area contributed by atoms with Gasteiger partial charge < -0.3 is 15.2 Å². The van der Waals surface area contributed by atoms with Crippen molar-refractivity contribution in [3.63, 3.8) is 0 Å². The summed E-state index contributed by atoms with van der Waals surface area (Å²) >= 11 is 0. The summed E-state index contributed by atoms with van der Waals surface area (Å²) in [4.78, 5) is 0. The lowest BCUT2D eigenvalue weighted by atomic mass is 9.86. The molecule has 3 rings (SSSR count). The van der Waals surface area contributed by atoms with Gasteiger partial charge in [-0.05, 0) is 48.2 Å². The summed E-state index contributed by atoms with van der Waals surface area (Å²) in [6.45, 7) is 0. The predicted molar refractivity (Wildman–Crippen MR) is 79.1 cm³/mol. The first-order chi connectivity index (χ1) is 9.78. The van der Waals surface area contributed by atoms with Crippen molar-refractivity contribution in [1.82, 2.24) is 0 Å². The minimum absolute atomic E-state index is 0.0111. The van der Waals surface area contributed by atoms with Crippen molar-refractivity contribution in [1.29, 1.82) is 0 Å². The van der Waals surface area contributed by atoms with Crippen LogP contribution in [0.15, 0.2) is 48.5 Å². The molecule has 0 saturated heterocycles. The van der Waals surface area contributed by atoms with Crippen molar-refractivity contribution in [2.24, 2.45) is 5.73 Å². The van der Waals surface area contributed by atoms with Gasteiger partial charge in [-0.2, -0.15) is 0 Å². The highest BCUT2D eigenvalue weighted by atomic mass is 16.5. The quantitative estimate of drug-likeness (QED) is 0.931. The third kappa shape index (κ3) is 2.49. The maximum Gasteiger partial charge on any atom is 0.119 e. The van der Waals surface area contributed by atoms with E-state index in [-0.39, 0.29) is 12.1 Å². The van der Waals surface area contributed by atoms with Crippen LogP contribution in [0.4, 0.5) is 0 Å². The first kappa shape index (κ1) is 13.0. The summed E-state index contributed by atoms with van der Waals surface area (Å²) in [6.07, 6.45) is 1.94. The van der Waals surface area contributed by atoms with Crippen LogP contribution in [0.1, 0.15) is 23.6 Å². The molecule has 0 aliphatic heterocycles. The second-order valence-electron chi connectivity index (χ2n) is 5.10. The van der Waals surface area contributed by atoms with E-state index in [4.69, 9.17) is 15.2 Å². The Balaban J connectivity index is 1.83. The van der Waals surface area contributed by atoms with Crippen LogP contribution in [0.25, 0.3) is 0 Å². The lowest BCUT2D eigenvalue weighted by Gasteiger charge is -2.31. The Morgan fingerprint density at radius 3 is 2.60 bits per heavy atom. The number of aryl methyl sites for hydroxylation is 1. The van der Waals surface area contributed by atoms with Crippen LogP contribution in [0, 0.1) is 0 Å². The van der Waals surface area contributed by atoms with Crippen molar-refractivity contribution < 1.29 is 9.47 Å². The Hall–Kier alpha value is -2.00. The number of ether oxygens (including phenoxy) is 2. The molecule has 0 radical (unpaired) electrons. The van der Waals surface area contributed by atoms with E-state index in [1.807, 2.05) is 42.5 Å². The van der Waals surface area contributed by atoms with Gasteiger partial charge >= 0.3 is 0 Å². The number of hydrogen-bond acceptors (Lipinski definition) is 3. The SMILES string of the molecule is COc1ccc2c(c1)C(N)C(Oc1ccccc1)CC2. The molecule has 0 spiro atoms. The highest BCUT2D eigenvalue weighted by Crippen LogP contribution is 2.33. The molecule has 2 N–H and O–H groups in total. The van der Waals surface area contributed by atoms with Crippen molar-refractivity contribution in [3.8, 4) is 11.5 Å². The zero-order valence-electron chi connectivity index (χ0n) is 11.6. The number of fused-ring (bicyclic) bond motifs is 1. The van der Waals surface area contributed by atoms with E-state index in [9.17, 15) is 0 Å². The lowest BCUT2D eigenvalue weighted by Crippen LogP contribution is -2.35. The molecular weight excluding hydrogens is 250 g/mol. The fourth-order valence-corrected chi connectivity index (χ4v) is 2.72. The molecule has 104 valence electrons. The molecule has 20 heavy (non-hydrogen) atoms. The maximum absolute atomic E-state index is 6.38. The third-order valence-electron chi connectivity index (χ3n) is 3.84. The van der Waals surface area contributed by atoms with Gasteiger partial charge in [0.05, 0.1) is 13.2 Å². The van der Waals surface area contributed by atoms with Crippen LogP contribution in [-0.2, 0) is 6.42 Å². The smallest absolute Gasteiger partial charge is 0.119 e. The highest BCUT2D eigenvalue weighted by molar-refractivity contribution is 5.40. The van der Waals surface area contributed by atoms with Gasteiger partial charge in [0.1, 0.15) is 17.6 Å². The summed E-state index contributed by atoms with van der Waals surface area (Å²) in [6, 6.07) is 15.9. The standard InChI is InChI=1S/C17H19NO2/c1-19-14-9-7-12-8-10-16(17(18)15(12)11-14)20-13-5-3-2-4-6-13/h2-7,9,11,16-17H,8,10,18H2,1H3. The number of methoxy groups -OCH3 is 1. The van der Waals surface area contributed by atoms with E-state index >= 15 is 0 Å². The Morgan fingerprint density at radius 1 is 1.05 bits per heavy atom. The maximum atomic E-state index is 6.38. The normalized spacial score (nSPS) is 21.1. The summed E-state index contributed by atoms with van der Waals surface area (Å²) in [5.41, 5.74) is 8.81. The van der Waals surface area contributed by atoms with Gasteiger partial charge in [0.2, 0.25) is 0 Å². The van der Waals surface area contributed by atoms with Gasteiger partial charge in [-0.3, -0.25) is 0 Å². The molecule has 0 saturated carbocycles. The number of rotatable bonds is 3.